The average Bonchev–Trinajstić information content (AvgIpc) is 2.39. The van der Waals surface area contributed by atoms with Crippen LogP contribution in [0.2, 0.25) is 5.02 Å². The summed E-state index contributed by atoms with van der Waals surface area (Å²) in [4.78, 5) is 11.9. The van der Waals surface area contributed by atoms with Crippen molar-refractivity contribution in [3.63, 3.8) is 0 Å². The predicted octanol–water partition coefficient (Wildman–Crippen LogP) is 2.55. The Bertz CT molecular complexity index is 428. The Morgan fingerprint density at radius 3 is 2.74 bits per heavy atom. The molecule has 2 rings (SSSR count). The Morgan fingerprint density at radius 2 is 2.05 bits per heavy atom. The molecule has 1 aromatic rings. The normalized spacial score (nSPS) is 23.1. The lowest BCUT2D eigenvalue weighted by molar-refractivity contribution is -0.126. The largest absolute Gasteiger partial charge is 0.393 e. The highest BCUT2D eigenvalue weighted by Crippen LogP contribution is 2.24. The fraction of sp³-hybridized carbons (Fsp3) is 0.533. The van der Waals surface area contributed by atoms with Gasteiger partial charge >= 0.3 is 0 Å². The van der Waals surface area contributed by atoms with Gasteiger partial charge in [-0.25, -0.2) is 0 Å². The standard InChI is InChI=1S/C15H20ClNO2/c16-13-3-1-2-11(10-13)8-9-17-15(19)12-4-6-14(18)7-5-12/h1-3,10,12,14,18H,4-9H2,(H,17,19). The van der Waals surface area contributed by atoms with E-state index in [0.717, 1.165) is 42.7 Å². The molecular weight excluding hydrogens is 262 g/mol. The molecule has 0 radical (unpaired) electrons. The zero-order valence-corrected chi connectivity index (χ0v) is 11.7. The van der Waals surface area contributed by atoms with Crippen LogP contribution in [0.3, 0.4) is 0 Å². The van der Waals surface area contributed by atoms with Gasteiger partial charge in [-0.15, -0.1) is 0 Å². The van der Waals surface area contributed by atoms with Gasteiger partial charge in [0.1, 0.15) is 0 Å². The number of benzene rings is 1. The van der Waals surface area contributed by atoms with Crippen LogP contribution in [0.25, 0.3) is 0 Å². The number of aliphatic hydroxyl groups excluding tert-OH is 1. The molecular formula is C15H20ClNO2. The van der Waals surface area contributed by atoms with Gasteiger partial charge in [0.15, 0.2) is 0 Å². The Kier molecular flexibility index (Phi) is 5.23. The minimum absolute atomic E-state index is 0.0720. The molecule has 3 nitrogen and oxygen atoms in total. The first kappa shape index (κ1) is 14.4. The maximum absolute atomic E-state index is 11.9. The van der Waals surface area contributed by atoms with E-state index in [-0.39, 0.29) is 17.9 Å². The molecule has 19 heavy (non-hydrogen) atoms. The topological polar surface area (TPSA) is 49.3 Å². The molecule has 1 aliphatic rings. The fourth-order valence-corrected chi connectivity index (χ4v) is 2.72. The number of amides is 1. The molecule has 0 bridgehead atoms. The van der Waals surface area contributed by atoms with E-state index in [1.165, 1.54) is 0 Å². The van der Waals surface area contributed by atoms with Crippen LogP contribution in [0.1, 0.15) is 31.2 Å². The highest BCUT2D eigenvalue weighted by atomic mass is 35.5. The molecule has 0 aromatic heterocycles. The van der Waals surface area contributed by atoms with Crippen molar-refractivity contribution in [2.75, 3.05) is 6.54 Å². The number of carbonyl (C=O) groups is 1. The van der Waals surface area contributed by atoms with Gasteiger partial charge in [-0.05, 0) is 49.8 Å². The number of halogens is 1. The van der Waals surface area contributed by atoms with Crippen LogP contribution in [0, 0.1) is 5.92 Å². The van der Waals surface area contributed by atoms with Gasteiger partial charge in [0, 0.05) is 17.5 Å². The Labute approximate surface area is 119 Å². The number of rotatable bonds is 4. The SMILES string of the molecule is O=C(NCCc1cccc(Cl)c1)C1CCC(O)CC1. The number of hydrogen-bond acceptors (Lipinski definition) is 2. The quantitative estimate of drug-likeness (QED) is 0.891. The summed E-state index contributed by atoms with van der Waals surface area (Å²) in [6.07, 6.45) is 3.66. The van der Waals surface area contributed by atoms with Crippen LogP contribution in [0.15, 0.2) is 24.3 Å². The second-order valence-electron chi connectivity index (χ2n) is 5.18. The van der Waals surface area contributed by atoms with Crippen LogP contribution < -0.4 is 5.32 Å². The predicted molar refractivity (Wildman–Crippen MR) is 76.1 cm³/mol. The summed E-state index contributed by atoms with van der Waals surface area (Å²) in [6, 6.07) is 7.69. The molecule has 0 heterocycles. The highest BCUT2D eigenvalue weighted by Gasteiger charge is 2.24. The average molecular weight is 282 g/mol. The van der Waals surface area contributed by atoms with Crippen molar-refractivity contribution in [3.8, 4) is 0 Å². The third kappa shape index (κ3) is 4.51. The number of hydrogen-bond donors (Lipinski definition) is 2. The summed E-state index contributed by atoms with van der Waals surface area (Å²) in [5, 5.41) is 13.1. The lowest BCUT2D eigenvalue weighted by atomic mass is 9.87. The van der Waals surface area contributed by atoms with E-state index in [1.807, 2.05) is 24.3 Å². The molecule has 0 saturated heterocycles. The van der Waals surface area contributed by atoms with E-state index in [2.05, 4.69) is 5.32 Å². The lowest BCUT2D eigenvalue weighted by Gasteiger charge is -2.24. The third-order valence-corrected chi connectivity index (χ3v) is 3.90. The number of carbonyl (C=O) groups excluding carboxylic acids is 1. The van der Waals surface area contributed by atoms with Crippen molar-refractivity contribution >= 4 is 17.5 Å². The Balaban J connectivity index is 1.72. The molecule has 0 atom stereocenters. The molecule has 4 heteroatoms. The van der Waals surface area contributed by atoms with Crippen molar-refractivity contribution in [2.24, 2.45) is 5.92 Å². The first-order chi connectivity index (χ1) is 9.15. The first-order valence-corrected chi connectivity index (χ1v) is 7.23. The van der Waals surface area contributed by atoms with Gasteiger partial charge < -0.3 is 10.4 Å². The van der Waals surface area contributed by atoms with Crippen LogP contribution in [-0.2, 0) is 11.2 Å². The molecule has 1 amide bonds. The second-order valence-corrected chi connectivity index (χ2v) is 5.61. The molecule has 1 fully saturated rings. The number of nitrogens with one attached hydrogen (secondary N) is 1. The van der Waals surface area contributed by atoms with Crippen molar-refractivity contribution in [1.29, 1.82) is 0 Å². The van der Waals surface area contributed by atoms with E-state index < -0.39 is 0 Å². The van der Waals surface area contributed by atoms with Gasteiger partial charge in [0.05, 0.1) is 6.10 Å². The van der Waals surface area contributed by atoms with E-state index >= 15 is 0 Å². The number of aliphatic hydroxyl groups is 1. The molecule has 104 valence electrons. The van der Waals surface area contributed by atoms with Gasteiger partial charge in [0.2, 0.25) is 5.91 Å². The molecule has 1 aromatic carbocycles. The Morgan fingerprint density at radius 1 is 1.32 bits per heavy atom. The summed E-state index contributed by atoms with van der Waals surface area (Å²) in [5.41, 5.74) is 1.13. The Hall–Kier alpha value is -1.06. The van der Waals surface area contributed by atoms with E-state index in [0.29, 0.717) is 6.54 Å². The maximum atomic E-state index is 11.9. The van der Waals surface area contributed by atoms with Gasteiger partial charge in [-0.2, -0.15) is 0 Å². The molecule has 2 N–H and O–H groups in total. The fourth-order valence-electron chi connectivity index (χ4n) is 2.50. The zero-order valence-electron chi connectivity index (χ0n) is 10.9. The molecule has 1 saturated carbocycles. The summed E-state index contributed by atoms with van der Waals surface area (Å²) in [7, 11) is 0. The van der Waals surface area contributed by atoms with Gasteiger partial charge in [0.25, 0.3) is 0 Å². The van der Waals surface area contributed by atoms with Crippen LogP contribution in [0.4, 0.5) is 0 Å². The third-order valence-electron chi connectivity index (χ3n) is 3.67. The van der Waals surface area contributed by atoms with Gasteiger partial charge in [-0.1, -0.05) is 23.7 Å². The summed E-state index contributed by atoms with van der Waals surface area (Å²) in [5.74, 6) is 0.191. The highest BCUT2D eigenvalue weighted by molar-refractivity contribution is 6.30. The summed E-state index contributed by atoms with van der Waals surface area (Å²) < 4.78 is 0. The minimum atomic E-state index is -0.212. The monoisotopic (exact) mass is 281 g/mol. The van der Waals surface area contributed by atoms with Crippen LogP contribution in [0.5, 0.6) is 0 Å². The first-order valence-electron chi connectivity index (χ1n) is 6.85. The van der Waals surface area contributed by atoms with Crippen molar-refractivity contribution in [3.05, 3.63) is 34.9 Å². The second kappa shape index (κ2) is 6.92. The molecule has 0 unspecified atom stereocenters. The lowest BCUT2D eigenvalue weighted by Crippen LogP contribution is -2.35. The summed E-state index contributed by atoms with van der Waals surface area (Å²) in [6.45, 7) is 0.637. The van der Waals surface area contributed by atoms with Crippen molar-refractivity contribution < 1.29 is 9.90 Å². The maximum Gasteiger partial charge on any atom is 0.223 e. The van der Waals surface area contributed by atoms with E-state index in [1.54, 1.807) is 0 Å². The van der Waals surface area contributed by atoms with E-state index in [4.69, 9.17) is 11.6 Å². The minimum Gasteiger partial charge on any atom is -0.393 e. The van der Waals surface area contributed by atoms with Crippen molar-refractivity contribution in [1.82, 2.24) is 5.32 Å². The van der Waals surface area contributed by atoms with Crippen LogP contribution in [-0.4, -0.2) is 23.7 Å². The zero-order chi connectivity index (χ0) is 13.7. The van der Waals surface area contributed by atoms with Crippen LogP contribution >= 0.6 is 11.6 Å². The van der Waals surface area contributed by atoms with E-state index in [9.17, 15) is 9.90 Å². The molecule has 1 aliphatic carbocycles. The molecule has 0 spiro atoms. The van der Waals surface area contributed by atoms with Gasteiger partial charge in [-0.3, -0.25) is 4.79 Å². The summed E-state index contributed by atoms with van der Waals surface area (Å²) >= 11 is 5.91. The smallest absolute Gasteiger partial charge is 0.223 e. The van der Waals surface area contributed by atoms with Crippen molar-refractivity contribution in [2.45, 2.75) is 38.2 Å². The molecule has 0 aliphatic heterocycles.